The van der Waals surface area contributed by atoms with Gasteiger partial charge in [0.1, 0.15) is 11.1 Å². The van der Waals surface area contributed by atoms with Gasteiger partial charge in [-0.3, -0.25) is 4.79 Å². The van der Waals surface area contributed by atoms with Crippen molar-refractivity contribution in [2.24, 2.45) is 0 Å². The lowest BCUT2D eigenvalue weighted by atomic mass is 10.1. The Bertz CT molecular complexity index is 785. The Hall–Kier alpha value is -1.73. The van der Waals surface area contributed by atoms with E-state index in [2.05, 4.69) is 20.9 Å². The van der Waals surface area contributed by atoms with Crippen LogP contribution in [0.1, 0.15) is 23.0 Å². The molecule has 0 amide bonds. The number of nitrogens with zero attached hydrogens (tertiary/aromatic N) is 2. The van der Waals surface area contributed by atoms with Crippen LogP contribution in [-0.2, 0) is 22.6 Å². The van der Waals surface area contributed by atoms with Crippen molar-refractivity contribution in [3.8, 4) is 0 Å². The van der Waals surface area contributed by atoms with E-state index in [0.29, 0.717) is 24.4 Å². The fraction of sp³-hybridized carbons (Fsp3) is 0.357. The van der Waals surface area contributed by atoms with E-state index in [-0.39, 0.29) is 24.3 Å². The second kappa shape index (κ2) is 5.57. The van der Waals surface area contributed by atoms with Gasteiger partial charge in [0, 0.05) is 17.2 Å². The molecular weight excluding hydrogens is 340 g/mol. The summed E-state index contributed by atoms with van der Waals surface area (Å²) >= 11 is 3.36. The molecule has 110 valence electrons. The van der Waals surface area contributed by atoms with Gasteiger partial charge in [0.05, 0.1) is 31.0 Å². The van der Waals surface area contributed by atoms with Crippen molar-refractivity contribution in [3.63, 3.8) is 0 Å². The van der Waals surface area contributed by atoms with Gasteiger partial charge in [0.15, 0.2) is 0 Å². The highest BCUT2D eigenvalue weighted by Crippen LogP contribution is 2.22. The monoisotopic (exact) mass is 352 g/mol. The van der Waals surface area contributed by atoms with E-state index in [1.54, 1.807) is 13.1 Å². The van der Waals surface area contributed by atoms with E-state index in [1.807, 2.05) is 10.6 Å². The molecule has 0 fully saturated rings. The molecule has 21 heavy (non-hydrogen) atoms. The summed E-state index contributed by atoms with van der Waals surface area (Å²) in [6.45, 7) is 3.22. The summed E-state index contributed by atoms with van der Waals surface area (Å²) in [5, 5.41) is 0. The normalized spacial score (nSPS) is 14.0. The highest BCUT2D eigenvalue weighted by Gasteiger charge is 2.26. The maximum Gasteiger partial charge on any atom is 0.344 e. The molecule has 3 rings (SSSR count). The number of rotatable bonds is 2. The highest BCUT2D eigenvalue weighted by molar-refractivity contribution is 9.10. The summed E-state index contributed by atoms with van der Waals surface area (Å²) < 4.78 is 13.1. The first kappa shape index (κ1) is 14.2. The van der Waals surface area contributed by atoms with E-state index in [0.717, 1.165) is 4.47 Å². The van der Waals surface area contributed by atoms with Crippen LogP contribution in [0.2, 0.25) is 0 Å². The van der Waals surface area contributed by atoms with Gasteiger partial charge in [-0.05, 0) is 28.9 Å². The molecule has 0 radical (unpaired) electrons. The zero-order chi connectivity index (χ0) is 15.0. The van der Waals surface area contributed by atoms with Crippen LogP contribution < -0.4 is 5.43 Å². The van der Waals surface area contributed by atoms with Crippen molar-refractivity contribution in [3.05, 3.63) is 38.2 Å². The third-order valence-corrected chi connectivity index (χ3v) is 3.79. The first-order valence-electron chi connectivity index (χ1n) is 6.59. The summed E-state index contributed by atoms with van der Waals surface area (Å²) in [5.41, 5.74) is 1.14. The summed E-state index contributed by atoms with van der Waals surface area (Å²) in [5.74, 6) is -0.622. The molecule has 6 nitrogen and oxygen atoms in total. The number of hydrogen-bond acceptors (Lipinski definition) is 5. The summed E-state index contributed by atoms with van der Waals surface area (Å²) in [7, 11) is 0. The van der Waals surface area contributed by atoms with Crippen molar-refractivity contribution in [2.45, 2.75) is 20.1 Å². The van der Waals surface area contributed by atoms with Gasteiger partial charge in [-0.2, -0.15) is 0 Å². The largest absolute Gasteiger partial charge is 0.462 e. The van der Waals surface area contributed by atoms with E-state index >= 15 is 0 Å². The van der Waals surface area contributed by atoms with Gasteiger partial charge in [-0.25, -0.2) is 9.78 Å². The van der Waals surface area contributed by atoms with Crippen molar-refractivity contribution in [2.75, 3.05) is 13.2 Å². The number of esters is 1. The Morgan fingerprint density at radius 3 is 3.14 bits per heavy atom. The fourth-order valence-electron chi connectivity index (χ4n) is 2.48. The molecule has 0 saturated heterocycles. The second-order valence-electron chi connectivity index (χ2n) is 4.60. The van der Waals surface area contributed by atoms with Crippen molar-refractivity contribution >= 4 is 32.9 Å². The van der Waals surface area contributed by atoms with Gasteiger partial charge in [-0.15, -0.1) is 0 Å². The number of fused-ring (bicyclic) bond motifs is 3. The molecule has 0 saturated carbocycles. The smallest absolute Gasteiger partial charge is 0.344 e. The topological polar surface area (TPSA) is 70.4 Å². The van der Waals surface area contributed by atoms with Crippen LogP contribution >= 0.6 is 15.9 Å². The summed E-state index contributed by atoms with van der Waals surface area (Å²) in [6, 6.07) is 1.83. The minimum atomic E-state index is -0.622. The van der Waals surface area contributed by atoms with Gasteiger partial charge < -0.3 is 14.0 Å². The van der Waals surface area contributed by atoms with E-state index in [4.69, 9.17) is 9.47 Å². The van der Waals surface area contributed by atoms with Gasteiger partial charge >= 0.3 is 5.97 Å². The number of carbonyl (C=O) groups is 1. The number of hydrogen-bond donors (Lipinski definition) is 0. The first-order valence-corrected chi connectivity index (χ1v) is 7.38. The molecule has 1 aliphatic heterocycles. The molecule has 0 atom stereocenters. The predicted molar refractivity (Wildman–Crippen MR) is 79.3 cm³/mol. The van der Waals surface area contributed by atoms with Crippen LogP contribution in [0.4, 0.5) is 0 Å². The van der Waals surface area contributed by atoms with E-state index in [9.17, 15) is 9.59 Å². The molecule has 0 aliphatic carbocycles. The molecule has 2 aromatic heterocycles. The average molecular weight is 353 g/mol. The highest BCUT2D eigenvalue weighted by atomic mass is 79.9. The zero-order valence-corrected chi connectivity index (χ0v) is 13.0. The van der Waals surface area contributed by atoms with Crippen LogP contribution in [0.25, 0.3) is 11.0 Å². The molecule has 0 N–H and O–H groups in total. The predicted octanol–water partition coefficient (Wildman–Crippen LogP) is 1.87. The zero-order valence-electron chi connectivity index (χ0n) is 11.4. The van der Waals surface area contributed by atoms with Crippen LogP contribution in [0.15, 0.2) is 21.5 Å². The third-order valence-electron chi connectivity index (χ3n) is 3.36. The summed E-state index contributed by atoms with van der Waals surface area (Å²) in [4.78, 5) is 28.9. The number of aromatic nitrogens is 2. The van der Waals surface area contributed by atoms with E-state index < -0.39 is 11.4 Å². The number of pyridine rings is 2. The Balaban J connectivity index is 2.38. The quantitative estimate of drug-likeness (QED) is 0.771. The number of halogens is 1. The molecule has 2 aromatic rings. The maximum atomic E-state index is 12.6. The summed E-state index contributed by atoms with van der Waals surface area (Å²) in [6.07, 6.45) is 1.55. The van der Waals surface area contributed by atoms with Crippen molar-refractivity contribution < 1.29 is 14.3 Å². The molecule has 0 unspecified atom stereocenters. The van der Waals surface area contributed by atoms with Crippen molar-refractivity contribution in [1.29, 1.82) is 0 Å². The standard InChI is InChI=1S/C14H13BrN2O4/c1-2-21-14(19)11-10-7-20-4-3-17(10)9-5-8(15)6-16-12(9)13(11)18/h5-6H,2-4,7H2,1H3. The SMILES string of the molecule is CCOC(=O)c1c2n(c3cc(Br)cnc3c1=O)CCOC2. The maximum absolute atomic E-state index is 12.6. The number of ether oxygens (including phenoxy) is 2. The van der Waals surface area contributed by atoms with Crippen molar-refractivity contribution in [1.82, 2.24) is 9.55 Å². The molecule has 1 aliphatic rings. The Labute approximate surface area is 128 Å². The Kier molecular flexibility index (Phi) is 3.77. The van der Waals surface area contributed by atoms with Gasteiger partial charge in [-0.1, -0.05) is 0 Å². The molecule has 7 heteroatoms. The minimum Gasteiger partial charge on any atom is -0.462 e. The average Bonchev–Trinajstić information content (AvgIpc) is 2.47. The second-order valence-corrected chi connectivity index (χ2v) is 5.51. The van der Waals surface area contributed by atoms with Gasteiger partial charge in [0.2, 0.25) is 5.43 Å². The third kappa shape index (κ3) is 2.36. The minimum absolute atomic E-state index is 0.0267. The Morgan fingerprint density at radius 2 is 2.38 bits per heavy atom. The van der Waals surface area contributed by atoms with Crippen LogP contribution in [0.3, 0.4) is 0 Å². The lowest BCUT2D eigenvalue weighted by Gasteiger charge is -2.23. The van der Waals surface area contributed by atoms with Gasteiger partial charge in [0.25, 0.3) is 0 Å². The molecule has 0 aromatic carbocycles. The van der Waals surface area contributed by atoms with E-state index in [1.165, 1.54) is 0 Å². The molecule has 0 bridgehead atoms. The molecule has 0 spiro atoms. The molecular formula is C14H13BrN2O4. The fourth-order valence-corrected chi connectivity index (χ4v) is 2.80. The lowest BCUT2D eigenvalue weighted by Crippen LogP contribution is -2.30. The molecule has 3 heterocycles. The van der Waals surface area contributed by atoms with Crippen LogP contribution in [0, 0.1) is 0 Å². The lowest BCUT2D eigenvalue weighted by molar-refractivity contribution is 0.0499. The Morgan fingerprint density at radius 1 is 1.57 bits per heavy atom. The first-order chi connectivity index (χ1) is 10.1. The van der Waals surface area contributed by atoms with Crippen LogP contribution in [-0.4, -0.2) is 28.7 Å². The van der Waals surface area contributed by atoms with Crippen LogP contribution in [0.5, 0.6) is 0 Å². The number of carbonyl (C=O) groups excluding carboxylic acids is 1.